The highest BCUT2D eigenvalue weighted by Gasteiger charge is 2.30. The number of ether oxygens (including phenoxy) is 1. The lowest BCUT2D eigenvalue weighted by Crippen LogP contribution is -2.30. The van der Waals surface area contributed by atoms with Crippen LogP contribution in [-0.4, -0.2) is 12.6 Å². The van der Waals surface area contributed by atoms with Crippen LogP contribution in [0.4, 0.5) is 0 Å². The van der Waals surface area contributed by atoms with Crippen molar-refractivity contribution in [2.45, 2.75) is 25.8 Å². The normalized spacial score (nSPS) is 23.0. The van der Waals surface area contributed by atoms with Crippen molar-refractivity contribution in [2.24, 2.45) is 11.7 Å². The molecule has 3 nitrogen and oxygen atoms in total. The third-order valence-corrected chi connectivity index (χ3v) is 3.63. The smallest absolute Gasteiger partial charge is 0.309 e. The fourth-order valence-electron chi connectivity index (χ4n) is 2.32. The van der Waals surface area contributed by atoms with E-state index in [4.69, 9.17) is 10.5 Å². The number of rotatable bonds is 2. The maximum Gasteiger partial charge on any atom is 0.309 e. The fourth-order valence-corrected chi connectivity index (χ4v) is 2.70. The summed E-state index contributed by atoms with van der Waals surface area (Å²) in [5, 5.41) is 0. The Kier molecular flexibility index (Phi) is 3.84. The Bertz CT molecular complexity index is 433. The lowest BCUT2D eigenvalue weighted by atomic mass is 9.81. The van der Waals surface area contributed by atoms with Crippen LogP contribution in [0.3, 0.4) is 0 Å². The van der Waals surface area contributed by atoms with Crippen molar-refractivity contribution in [1.82, 2.24) is 0 Å². The maximum absolute atomic E-state index is 11.7. The molecule has 4 heteroatoms. The highest BCUT2D eigenvalue weighted by Crippen LogP contribution is 2.33. The van der Waals surface area contributed by atoms with Gasteiger partial charge >= 0.3 is 5.97 Å². The van der Waals surface area contributed by atoms with E-state index in [9.17, 15) is 4.79 Å². The van der Waals surface area contributed by atoms with Gasteiger partial charge in [-0.3, -0.25) is 4.79 Å². The molecule has 0 spiro atoms. The Labute approximate surface area is 109 Å². The van der Waals surface area contributed by atoms with Crippen LogP contribution < -0.4 is 5.73 Å². The van der Waals surface area contributed by atoms with Crippen LogP contribution in [-0.2, 0) is 16.0 Å². The molecule has 0 bridgehead atoms. The standard InChI is InChI=1S/C13H16BrNO2/c1-2-17-13(16)9-5-8-3-4-10(14)7-11(8)12(15)6-9/h3-4,7,9,12H,2,5-6,15H2,1H3/t9-,12+/m1/s1. The van der Waals surface area contributed by atoms with Gasteiger partial charge in [0, 0.05) is 10.5 Å². The number of halogens is 1. The number of hydrogen-bond donors (Lipinski definition) is 1. The second-order valence-electron chi connectivity index (χ2n) is 4.34. The number of esters is 1. The Balaban J connectivity index is 2.21. The van der Waals surface area contributed by atoms with Gasteiger partial charge in [-0.2, -0.15) is 0 Å². The number of hydrogen-bond acceptors (Lipinski definition) is 3. The summed E-state index contributed by atoms with van der Waals surface area (Å²) in [6.07, 6.45) is 1.40. The van der Waals surface area contributed by atoms with Gasteiger partial charge in [0.05, 0.1) is 12.5 Å². The molecule has 2 rings (SSSR count). The van der Waals surface area contributed by atoms with Crippen LogP contribution in [0.1, 0.15) is 30.5 Å². The molecule has 2 atom stereocenters. The first-order chi connectivity index (χ1) is 8.11. The van der Waals surface area contributed by atoms with Gasteiger partial charge in [-0.05, 0) is 43.0 Å². The zero-order valence-electron chi connectivity index (χ0n) is 9.78. The summed E-state index contributed by atoms with van der Waals surface area (Å²) in [6.45, 7) is 2.25. The van der Waals surface area contributed by atoms with Gasteiger partial charge in [0.15, 0.2) is 0 Å². The highest BCUT2D eigenvalue weighted by molar-refractivity contribution is 9.10. The molecule has 0 saturated heterocycles. The highest BCUT2D eigenvalue weighted by atomic mass is 79.9. The molecule has 1 aromatic carbocycles. The molecule has 0 aromatic heterocycles. The summed E-state index contributed by atoms with van der Waals surface area (Å²) < 4.78 is 6.09. The topological polar surface area (TPSA) is 52.3 Å². The number of carbonyl (C=O) groups is 1. The summed E-state index contributed by atoms with van der Waals surface area (Å²) in [5.74, 6) is -0.227. The number of carbonyl (C=O) groups excluding carboxylic acids is 1. The Morgan fingerprint density at radius 1 is 1.59 bits per heavy atom. The molecule has 2 N–H and O–H groups in total. The van der Waals surface area contributed by atoms with Gasteiger partial charge in [-0.25, -0.2) is 0 Å². The minimum Gasteiger partial charge on any atom is -0.466 e. The fraction of sp³-hybridized carbons (Fsp3) is 0.462. The van der Waals surface area contributed by atoms with Crippen LogP contribution in [0.25, 0.3) is 0 Å². The molecule has 0 amide bonds. The average Bonchev–Trinajstić information content (AvgIpc) is 2.30. The Morgan fingerprint density at radius 2 is 2.35 bits per heavy atom. The zero-order chi connectivity index (χ0) is 12.4. The van der Waals surface area contributed by atoms with Crippen molar-refractivity contribution in [3.05, 3.63) is 33.8 Å². The van der Waals surface area contributed by atoms with Gasteiger partial charge in [0.25, 0.3) is 0 Å². The quantitative estimate of drug-likeness (QED) is 0.854. The predicted octanol–water partition coefficient (Wildman–Crippen LogP) is 2.57. The minimum atomic E-state index is -0.128. The molecule has 1 aliphatic rings. The van der Waals surface area contributed by atoms with E-state index in [0.717, 1.165) is 22.0 Å². The maximum atomic E-state index is 11.7. The molecule has 1 aliphatic carbocycles. The number of fused-ring (bicyclic) bond motifs is 1. The second kappa shape index (κ2) is 5.19. The summed E-state index contributed by atoms with van der Waals surface area (Å²) in [6, 6.07) is 5.98. The Hall–Kier alpha value is -0.870. The molecule has 0 unspecified atom stereocenters. The van der Waals surface area contributed by atoms with Gasteiger partial charge in [-0.15, -0.1) is 0 Å². The van der Waals surface area contributed by atoms with Crippen molar-refractivity contribution >= 4 is 21.9 Å². The largest absolute Gasteiger partial charge is 0.466 e. The molecular formula is C13H16BrNO2. The summed E-state index contributed by atoms with van der Waals surface area (Å²) in [7, 11) is 0. The molecule has 0 saturated carbocycles. The minimum absolute atomic E-state index is 0.0781. The van der Waals surface area contributed by atoms with E-state index in [0.29, 0.717) is 13.0 Å². The second-order valence-corrected chi connectivity index (χ2v) is 5.25. The van der Waals surface area contributed by atoms with Crippen LogP contribution >= 0.6 is 15.9 Å². The van der Waals surface area contributed by atoms with E-state index in [1.165, 1.54) is 0 Å². The first-order valence-corrected chi connectivity index (χ1v) is 6.61. The number of benzene rings is 1. The molecule has 17 heavy (non-hydrogen) atoms. The molecule has 0 heterocycles. The molecule has 0 radical (unpaired) electrons. The zero-order valence-corrected chi connectivity index (χ0v) is 11.4. The van der Waals surface area contributed by atoms with Gasteiger partial charge in [-0.1, -0.05) is 22.0 Å². The van der Waals surface area contributed by atoms with Crippen molar-refractivity contribution < 1.29 is 9.53 Å². The van der Waals surface area contributed by atoms with Crippen molar-refractivity contribution in [2.75, 3.05) is 6.61 Å². The van der Waals surface area contributed by atoms with E-state index in [2.05, 4.69) is 15.9 Å². The molecule has 1 aromatic rings. The van der Waals surface area contributed by atoms with Crippen molar-refractivity contribution in [3.63, 3.8) is 0 Å². The molecular weight excluding hydrogens is 282 g/mol. The van der Waals surface area contributed by atoms with Gasteiger partial charge in [0.2, 0.25) is 0 Å². The molecule has 0 aliphatic heterocycles. The van der Waals surface area contributed by atoms with Gasteiger partial charge < -0.3 is 10.5 Å². The van der Waals surface area contributed by atoms with Crippen LogP contribution in [0.15, 0.2) is 22.7 Å². The summed E-state index contributed by atoms with van der Waals surface area (Å²) >= 11 is 3.44. The monoisotopic (exact) mass is 297 g/mol. The summed E-state index contributed by atoms with van der Waals surface area (Å²) in [5.41, 5.74) is 8.41. The van der Waals surface area contributed by atoms with E-state index < -0.39 is 0 Å². The lowest BCUT2D eigenvalue weighted by molar-refractivity contribution is -0.148. The van der Waals surface area contributed by atoms with E-state index in [-0.39, 0.29) is 17.9 Å². The predicted molar refractivity (Wildman–Crippen MR) is 69.5 cm³/mol. The lowest BCUT2D eigenvalue weighted by Gasteiger charge is -2.28. The average molecular weight is 298 g/mol. The van der Waals surface area contributed by atoms with Crippen LogP contribution in [0.5, 0.6) is 0 Å². The van der Waals surface area contributed by atoms with E-state index >= 15 is 0 Å². The van der Waals surface area contributed by atoms with Crippen molar-refractivity contribution in [3.8, 4) is 0 Å². The van der Waals surface area contributed by atoms with E-state index in [1.54, 1.807) is 0 Å². The van der Waals surface area contributed by atoms with Crippen LogP contribution in [0, 0.1) is 5.92 Å². The molecule has 0 fully saturated rings. The van der Waals surface area contributed by atoms with Crippen LogP contribution in [0.2, 0.25) is 0 Å². The third kappa shape index (κ3) is 2.69. The first-order valence-electron chi connectivity index (χ1n) is 5.82. The summed E-state index contributed by atoms with van der Waals surface area (Å²) in [4.78, 5) is 11.7. The van der Waals surface area contributed by atoms with Crippen molar-refractivity contribution in [1.29, 1.82) is 0 Å². The SMILES string of the molecule is CCOC(=O)[C@@H]1Cc2ccc(Br)cc2[C@@H](N)C1. The third-order valence-electron chi connectivity index (χ3n) is 3.13. The van der Waals surface area contributed by atoms with E-state index in [1.807, 2.05) is 25.1 Å². The molecule has 92 valence electrons. The van der Waals surface area contributed by atoms with Gasteiger partial charge in [0.1, 0.15) is 0 Å². The Morgan fingerprint density at radius 3 is 3.06 bits per heavy atom. The first kappa shape index (κ1) is 12.6. The number of nitrogens with two attached hydrogens (primary N) is 1.